The van der Waals surface area contributed by atoms with Gasteiger partial charge < -0.3 is 4.74 Å². The SMILES string of the molecule is C[C@@H](Oc1ccccc1F)C(=O)NNC(=O)CCc1ccccc1F. The molecule has 0 aliphatic heterocycles. The number of amides is 2. The van der Waals surface area contributed by atoms with Crippen LogP contribution in [0.25, 0.3) is 0 Å². The van der Waals surface area contributed by atoms with Gasteiger partial charge in [-0.25, -0.2) is 8.78 Å². The highest BCUT2D eigenvalue weighted by atomic mass is 19.1. The Morgan fingerprint density at radius 2 is 1.64 bits per heavy atom. The van der Waals surface area contributed by atoms with Crippen molar-refractivity contribution in [3.8, 4) is 5.75 Å². The van der Waals surface area contributed by atoms with Crippen molar-refractivity contribution in [2.75, 3.05) is 0 Å². The Bertz CT molecular complexity index is 753. The van der Waals surface area contributed by atoms with Gasteiger partial charge in [0.25, 0.3) is 5.91 Å². The fraction of sp³-hybridized carbons (Fsp3) is 0.222. The second-order valence-corrected chi connectivity index (χ2v) is 5.32. The van der Waals surface area contributed by atoms with Crippen molar-refractivity contribution in [3.63, 3.8) is 0 Å². The van der Waals surface area contributed by atoms with Gasteiger partial charge >= 0.3 is 0 Å². The van der Waals surface area contributed by atoms with Gasteiger partial charge in [0.15, 0.2) is 17.7 Å². The molecule has 0 aliphatic carbocycles. The van der Waals surface area contributed by atoms with E-state index >= 15 is 0 Å². The molecule has 2 amide bonds. The van der Waals surface area contributed by atoms with E-state index in [0.29, 0.717) is 5.56 Å². The number of para-hydroxylation sites is 1. The highest BCUT2D eigenvalue weighted by Gasteiger charge is 2.17. The number of nitrogens with one attached hydrogen (secondary N) is 2. The predicted molar refractivity (Wildman–Crippen MR) is 87.5 cm³/mol. The summed E-state index contributed by atoms with van der Waals surface area (Å²) in [5.41, 5.74) is 4.83. The van der Waals surface area contributed by atoms with Crippen molar-refractivity contribution < 1.29 is 23.1 Å². The largest absolute Gasteiger partial charge is 0.478 e. The molecule has 0 radical (unpaired) electrons. The van der Waals surface area contributed by atoms with Crippen LogP contribution in [0.3, 0.4) is 0 Å². The fourth-order valence-electron chi connectivity index (χ4n) is 2.03. The van der Waals surface area contributed by atoms with Crippen LogP contribution in [0.4, 0.5) is 8.78 Å². The quantitative estimate of drug-likeness (QED) is 0.789. The molecule has 2 rings (SSSR count). The Balaban J connectivity index is 1.76. The normalized spacial score (nSPS) is 11.5. The first-order valence-electron chi connectivity index (χ1n) is 7.70. The molecular weight excluding hydrogens is 330 g/mol. The molecule has 1 atom stereocenters. The van der Waals surface area contributed by atoms with Crippen molar-refractivity contribution >= 4 is 11.8 Å². The van der Waals surface area contributed by atoms with Crippen molar-refractivity contribution in [3.05, 3.63) is 65.7 Å². The summed E-state index contributed by atoms with van der Waals surface area (Å²) in [7, 11) is 0. The van der Waals surface area contributed by atoms with E-state index in [1.807, 2.05) is 0 Å². The van der Waals surface area contributed by atoms with Crippen LogP contribution in [0, 0.1) is 11.6 Å². The molecule has 0 spiro atoms. The van der Waals surface area contributed by atoms with Crippen molar-refractivity contribution in [1.82, 2.24) is 10.9 Å². The number of ether oxygens (including phenoxy) is 1. The Hall–Kier alpha value is -2.96. The first-order chi connectivity index (χ1) is 12.0. The van der Waals surface area contributed by atoms with E-state index in [0.717, 1.165) is 0 Å². The summed E-state index contributed by atoms with van der Waals surface area (Å²) in [5.74, 6) is -2.14. The van der Waals surface area contributed by atoms with Crippen molar-refractivity contribution in [2.24, 2.45) is 0 Å². The number of rotatable bonds is 6. The standard InChI is InChI=1S/C18H18F2N2O3/c1-12(25-16-9-5-4-8-15(16)20)18(24)22-21-17(23)11-10-13-6-2-3-7-14(13)19/h2-9,12H,10-11H2,1H3,(H,21,23)(H,22,24)/t12-/m1/s1. The van der Waals surface area contributed by atoms with Crippen LogP contribution < -0.4 is 15.6 Å². The number of aryl methyl sites for hydroxylation is 1. The maximum atomic E-state index is 13.5. The third kappa shape index (κ3) is 5.56. The summed E-state index contributed by atoms with van der Waals surface area (Å²) in [6.07, 6.45) is -0.803. The van der Waals surface area contributed by atoms with Crippen LogP contribution in [-0.4, -0.2) is 17.9 Å². The third-order valence-electron chi connectivity index (χ3n) is 3.41. The summed E-state index contributed by atoms with van der Waals surface area (Å²) >= 11 is 0. The summed E-state index contributed by atoms with van der Waals surface area (Å²) in [4.78, 5) is 23.6. The van der Waals surface area contributed by atoms with E-state index in [4.69, 9.17) is 4.74 Å². The van der Waals surface area contributed by atoms with E-state index in [9.17, 15) is 18.4 Å². The molecular formula is C18H18F2N2O3. The van der Waals surface area contributed by atoms with Crippen LogP contribution >= 0.6 is 0 Å². The molecule has 0 saturated heterocycles. The second-order valence-electron chi connectivity index (χ2n) is 5.32. The molecule has 5 nitrogen and oxygen atoms in total. The van der Waals surface area contributed by atoms with E-state index in [1.165, 1.54) is 31.2 Å². The van der Waals surface area contributed by atoms with Gasteiger partial charge in [-0.2, -0.15) is 0 Å². The van der Waals surface area contributed by atoms with Gasteiger partial charge in [-0.15, -0.1) is 0 Å². The molecule has 2 aromatic carbocycles. The monoisotopic (exact) mass is 348 g/mol. The number of carbonyl (C=O) groups is 2. The molecule has 0 bridgehead atoms. The maximum absolute atomic E-state index is 13.5. The van der Waals surface area contributed by atoms with Crippen LogP contribution in [0.5, 0.6) is 5.75 Å². The first-order valence-corrected chi connectivity index (χ1v) is 7.70. The Morgan fingerprint density at radius 1 is 1.00 bits per heavy atom. The topological polar surface area (TPSA) is 67.4 Å². The first kappa shape index (κ1) is 18.4. The van der Waals surface area contributed by atoms with Gasteiger partial charge in [0, 0.05) is 6.42 Å². The third-order valence-corrected chi connectivity index (χ3v) is 3.41. The smallest absolute Gasteiger partial charge is 0.279 e. The lowest BCUT2D eigenvalue weighted by atomic mass is 10.1. The maximum Gasteiger partial charge on any atom is 0.279 e. The molecule has 0 aliphatic rings. The molecule has 2 aromatic rings. The Kier molecular flexibility index (Phi) is 6.45. The van der Waals surface area contributed by atoms with E-state index in [2.05, 4.69) is 10.9 Å². The Labute approximate surface area is 144 Å². The van der Waals surface area contributed by atoms with Gasteiger partial charge in [0.05, 0.1) is 0 Å². The molecule has 132 valence electrons. The van der Waals surface area contributed by atoms with Crippen LogP contribution in [0.2, 0.25) is 0 Å². The average Bonchev–Trinajstić information content (AvgIpc) is 2.60. The summed E-state index contributed by atoms with van der Waals surface area (Å²) in [6, 6.07) is 11.8. The van der Waals surface area contributed by atoms with Crippen molar-refractivity contribution in [1.29, 1.82) is 0 Å². The minimum Gasteiger partial charge on any atom is -0.478 e. The molecule has 0 heterocycles. The number of hydrogen-bond acceptors (Lipinski definition) is 3. The molecule has 25 heavy (non-hydrogen) atoms. The number of hydrogen-bond donors (Lipinski definition) is 2. The molecule has 7 heteroatoms. The van der Waals surface area contributed by atoms with Crippen molar-refractivity contribution in [2.45, 2.75) is 25.9 Å². The fourth-order valence-corrected chi connectivity index (χ4v) is 2.03. The molecule has 0 fully saturated rings. The van der Waals surface area contributed by atoms with Gasteiger partial charge in [-0.3, -0.25) is 20.4 Å². The van der Waals surface area contributed by atoms with Crippen LogP contribution in [-0.2, 0) is 16.0 Å². The van der Waals surface area contributed by atoms with E-state index in [-0.39, 0.29) is 24.4 Å². The lowest BCUT2D eigenvalue weighted by molar-refractivity contribution is -0.132. The summed E-state index contributed by atoms with van der Waals surface area (Å²) < 4.78 is 32.1. The van der Waals surface area contributed by atoms with Crippen LogP contribution in [0.15, 0.2) is 48.5 Å². The van der Waals surface area contributed by atoms with Gasteiger partial charge in [0.1, 0.15) is 5.82 Å². The molecule has 0 saturated carbocycles. The second kappa shape index (κ2) is 8.77. The molecule has 0 unspecified atom stereocenters. The zero-order chi connectivity index (χ0) is 18.2. The summed E-state index contributed by atoms with van der Waals surface area (Å²) in [5, 5.41) is 0. The number of carbonyl (C=O) groups excluding carboxylic acids is 2. The predicted octanol–water partition coefficient (Wildman–Crippen LogP) is 2.51. The van der Waals surface area contributed by atoms with E-state index in [1.54, 1.807) is 24.3 Å². The minimum atomic E-state index is -1.01. The summed E-state index contributed by atoms with van der Waals surface area (Å²) in [6.45, 7) is 1.42. The van der Waals surface area contributed by atoms with Gasteiger partial charge in [-0.1, -0.05) is 30.3 Å². The lowest BCUT2D eigenvalue weighted by Crippen LogP contribution is -2.47. The highest BCUT2D eigenvalue weighted by Crippen LogP contribution is 2.16. The lowest BCUT2D eigenvalue weighted by Gasteiger charge is -2.15. The zero-order valence-electron chi connectivity index (χ0n) is 13.6. The number of halogens is 2. The number of hydrazine groups is 1. The van der Waals surface area contributed by atoms with Crippen LogP contribution in [0.1, 0.15) is 18.9 Å². The van der Waals surface area contributed by atoms with E-state index < -0.39 is 23.7 Å². The molecule has 2 N–H and O–H groups in total. The molecule has 0 aromatic heterocycles. The van der Waals surface area contributed by atoms with Gasteiger partial charge in [0.2, 0.25) is 5.91 Å². The minimum absolute atomic E-state index is 0.00373. The zero-order valence-corrected chi connectivity index (χ0v) is 13.6. The Morgan fingerprint density at radius 3 is 2.32 bits per heavy atom. The highest BCUT2D eigenvalue weighted by molar-refractivity contribution is 5.84. The van der Waals surface area contributed by atoms with Gasteiger partial charge in [-0.05, 0) is 37.1 Å². The average molecular weight is 348 g/mol. The number of benzene rings is 2.